The van der Waals surface area contributed by atoms with Gasteiger partial charge in [0, 0.05) is 0 Å². The first-order valence-electron chi connectivity index (χ1n) is 15.0. The number of hydrogen-bond donors (Lipinski definition) is 0. The van der Waals surface area contributed by atoms with E-state index in [0.29, 0.717) is 10.8 Å². The van der Waals surface area contributed by atoms with Gasteiger partial charge in [-0.2, -0.15) is 0 Å². The molecule has 0 radical (unpaired) electrons. The second-order valence-corrected chi connectivity index (χ2v) is 14.3. The van der Waals surface area contributed by atoms with Crippen LogP contribution in [0.25, 0.3) is 0 Å². The van der Waals surface area contributed by atoms with Gasteiger partial charge in [0.05, 0.1) is 0 Å². The molecule has 0 aromatic rings. The molecule has 0 nitrogen and oxygen atoms in total. The molecule has 5 rings (SSSR count). The van der Waals surface area contributed by atoms with Crippen molar-refractivity contribution in [2.75, 3.05) is 0 Å². The molecule has 4 saturated carbocycles. The fraction of sp³-hybridized carbons (Fsp3) is 0.938. The van der Waals surface area contributed by atoms with Crippen LogP contribution in [0, 0.1) is 45.8 Å². The third-order valence-electron chi connectivity index (χ3n) is 12.4. The predicted octanol–water partition coefficient (Wildman–Crippen LogP) is 10.1. The second kappa shape index (κ2) is 8.75. The average molecular weight is 439 g/mol. The van der Waals surface area contributed by atoms with Crippen molar-refractivity contribution in [1.29, 1.82) is 0 Å². The van der Waals surface area contributed by atoms with Gasteiger partial charge >= 0.3 is 0 Å². The van der Waals surface area contributed by atoms with E-state index in [1.807, 2.05) is 11.1 Å². The van der Waals surface area contributed by atoms with Crippen molar-refractivity contribution in [3.05, 3.63) is 11.1 Å². The highest BCUT2D eigenvalue weighted by Gasteiger charge is 2.59. The molecule has 0 amide bonds. The van der Waals surface area contributed by atoms with Crippen LogP contribution in [0.5, 0.6) is 0 Å². The molecular formula is C32H54. The highest BCUT2D eigenvalue weighted by atomic mass is 14.6. The van der Waals surface area contributed by atoms with Crippen molar-refractivity contribution < 1.29 is 0 Å². The highest BCUT2D eigenvalue weighted by Crippen LogP contribution is 2.70. The Labute approximate surface area is 200 Å². The van der Waals surface area contributed by atoms with E-state index < -0.39 is 0 Å². The Morgan fingerprint density at radius 3 is 2.28 bits per heavy atom. The number of allylic oxidation sites excluding steroid dienone is 2. The molecule has 1 unspecified atom stereocenters. The smallest absolute Gasteiger partial charge is 0.00825 e. The van der Waals surface area contributed by atoms with Gasteiger partial charge in [-0.25, -0.2) is 0 Å². The highest BCUT2D eigenvalue weighted by molar-refractivity contribution is 5.35. The summed E-state index contributed by atoms with van der Waals surface area (Å²) in [5.74, 6) is 4.72. The Morgan fingerprint density at radius 2 is 1.53 bits per heavy atom. The van der Waals surface area contributed by atoms with E-state index >= 15 is 0 Å². The normalized spacial score (nSPS) is 42.0. The van der Waals surface area contributed by atoms with E-state index in [1.165, 1.54) is 89.9 Å². The van der Waals surface area contributed by atoms with Crippen molar-refractivity contribution in [3.63, 3.8) is 0 Å². The maximum atomic E-state index is 2.79. The lowest BCUT2D eigenvalue weighted by Crippen LogP contribution is -2.53. The molecule has 32 heavy (non-hydrogen) atoms. The topological polar surface area (TPSA) is 0 Å². The number of hydrogen-bond acceptors (Lipinski definition) is 0. The third-order valence-corrected chi connectivity index (χ3v) is 12.4. The van der Waals surface area contributed by atoms with Gasteiger partial charge in [0.15, 0.2) is 0 Å². The molecule has 1 spiro atoms. The maximum absolute atomic E-state index is 2.79. The molecule has 0 N–H and O–H groups in total. The van der Waals surface area contributed by atoms with Crippen molar-refractivity contribution in [1.82, 2.24) is 0 Å². The first kappa shape index (κ1) is 23.5. The number of rotatable bonds is 5. The summed E-state index contributed by atoms with van der Waals surface area (Å²) in [5, 5.41) is 0. The summed E-state index contributed by atoms with van der Waals surface area (Å²) in [5.41, 5.74) is 5.95. The summed E-state index contributed by atoms with van der Waals surface area (Å²) in [4.78, 5) is 0. The van der Waals surface area contributed by atoms with Crippen LogP contribution in [0.3, 0.4) is 0 Å². The zero-order chi connectivity index (χ0) is 22.6. The standard InChI is InChI=1S/C32H54/c1-23(2)11-9-12-24(3)26-14-15-27-25-13-16-29-31(5,28(25)17-22-30(26,27)4)18-10-21-32(29)19-7-6-8-20-32/h23-24,26,28-29H,6-22H2,1-5H3/t24-,26-,28+,29?,30-,31-/m1/s1. The Morgan fingerprint density at radius 1 is 0.781 bits per heavy atom. The Hall–Kier alpha value is -0.260. The SMILES string of the molecule is CC(C)CCC[C@@H](C)[C@H]1CCC2=C3CCC4C5(CCCCC5)CCC[C@]4(C)[C@H]3CC[C@@]21C. The molecule has 0 heterocycles. The average Bonchev–Trinajstić information content (AvgIpc) is 3.11. The van der Waals surface area contributed by atoms with Crippen LogP contribution in [0.15, 0.2) is 11.1 Å². The molecule has 5 aliphatic rings. The zero-order valence-corrected chi connectivity index (χ0v) is 22.4. The van der Waals surface area contributed by atoms with Crippen LogP contribution in [-0.4, -0.2) is 0 Å². The molecule has 4 fully saturated rings. The minimum absolute atomic E-state index is 0.545. The van der Waals surface area contributed by atoms with Gasteiger partial charge in [-0.3, -0.25) is 0 Å². The van der Waals surface area contributed by atoms with Crippen molar-refractivity contribution in [2.24, 2.45) is 45.8 Å². The van der Waals surface area contributed by atoms with E-state index in [9.17, 15) is 0 Å². The molecule has 6 atom stereocenters. The van der Waals surface area contributed by atoms with Gasteiger partial charge in [0.25, 0.3) is 0 Å². The summed E-state index contributed by atoms with van der Waals surface area (Å²) in [6, 6.07) is 0. The first-order chi connectivity index (χ1) is 15.3. The first-order valence-corrected chi connectivity index (χ1v) is 15.0. The van der Waals surface area contributed by atoms with E-state index in [0.717, 1.165) is 35.0 Å². The molecule has 0 aromatic carbocycles. The summed E-state index contributed by atoms with van der Waals surface area (Å²) in [6.45, 7) is 12.9. The molecule has 0 aromatic heterocycles. The van der Waals surface area contributed by atoms with Crippen molar-refractivity contribution in [3.8, 4) is 0 Å². The Balaban J connectivity index is 1.38. The molecule has 5 aliphatic carbocycles. The zero-order valence-electron chi connectivity index (χ0n) is 22.4. The minimum atomic E-state index is 0.545. The summed E-state index contributed by atoms with van der Waals surface area (Å²) in [6.07, 6.45) is 25.7. The van der Waals surface area contributed by atoms with Gasteiger partial charge in [-0.1, -0.05) is 90.7 Å². The van der Waals surface area contributed by atoms with Gasteiger partial charge in [-0.05, 0) is 110 Å². The van der Waals surface area contributed by atoms with Gasteiger partial charge in [0.2, 0.25) is 0 Å². The third kappa shape index (κ3) is 3.68. The van der Waals surface area contributed by atoms with E-state index in [4.69, 9.17) is 0 Å². The van der Waals surface area contributed by atoms with E-state index in [-0.39, 0.29) is 0 Å². The second-order valence-electron chi connectivity index (χ2n) is 14.3. The van der Waals surface area contributed by atoms with Crippen LogP contribution in [0.2, 0.25) is 0 Å². The lowest BCUT2D eigenvalue weighted by Gasteiger charge is -2.63. The van der Waals surface area contributed by atoms with Gasteiger partial charge in [0.1, 0.15) is 0 Å². The lowest BCUT2D eigenvalue weighted by atomic mass is 9.42. The summed E-state index contributed by atoms with van der Waals surface area (Å²) in [7, 11) is 0. The Bertz CT molecular complexity index is 700. The molecule has 0 bridgehead atoms. The monoisotopic (exact) mass is 438 g/mol. The molecule has 0 heteroatoms. The van der Waals surface area contributed by atoms with Crippen LogP contribution in [-0.2, 0) is 0 Å². The van der Waals surface area contributed by atoms with Crippen LogP contribution in [0.4, 0.5) is 0 Å². The van der Waals surface area contributed by atoms with Gasteiger partial charge in [-0.15, -0.1) is 0 Å². The van der Waals surface area contributed by atoms with E-state index in [2.05, 4.69) is 34.6 Å². The minimum Gasteiger partial charge on any atom is -0.0668 e. The fourth-order valence-electron chi connectivity index (χ4n) is 10.9. The summed E-state index contributed by atoms with van der Waals surface area (Å²) >= 11 is 0. The largest absolute Gasteiger partial charge is 0.0668 e. The van der Waals surface area contributed by atoms with E-state index in [1.54, 1.807) is 19.3 Å². The lowest BCUT2D eigenvalue weighted by molar-refractivity contribution is -0.0951. The van der Waals surface area contributed by atoms with Crippen molar-refractivity contribution in [2.45, 2.75) is 144 Å². The van der Waals surface area contributed by atoms with Crippen LogP contribution < -0.4 is 0 Å². The Kier molecular flexibility index (Phi) is 6.42. The quantitative estimate of drug-likeness (QED) is 0.374. The molecule has 0 saturated heterocycles. The predicted molar refractivity (Wildman–Crippen MR) is 139 cm³/mol. The molecule has 182 valence electrons. The molecular weight excluding hydrogens is 384 g/mol. The van der Waals surface area contributed by atoms with Crippen LogP contribution >= 0.6 is 0 Å². The summed E-state index contributed by atoms with van der Waals surface area (Å²) < 4.78 is 0. The van der Waals surface area contributed by atoms with Gasteiger partial charge < -0.3 is 0 Å². The fourth-order valence-corrected chi connectivity index (χ4v) is 10.9. The van der Waals surface area contributed by atoms with Crippen molar-refractivity contribution >= 4 is 0 Å². The number of fused-ring (bicyclic) bond motifs is 5. The van der Waals surface area contributed by atoms with Crippen LogP contribution in [0.1, 0.15) is 144 Å². The molecule has 0 aliphatic heterocycles. The maximum Gasteiger partial charge on any atom is -0.00825 e.